The summed E-state index contributed by atoms with van der Waals surface area (Å²) in [6, 6.07) is 8.86. The zero-order valence-corrected chi connectivity index (χ0v) is 13.4. The van der Waals surface area contributed by atoms with Crippen molar-refractivity contribution in [3.8, 4) is 0 Å². The van der Waals surface area contributed by atoms with Crippen molar-refractivity contribution in [3.63, 3.8) is 0 Å². The van der Waals surface area contributed by atoms with Crippen LogP contribution in [0.15, 0.2) is 24.3 Å². The lowest BCUT2D eigenvalue weighted by molar-refractivity contribution is 0.238. The molecule has 1 fully saturated rings. The van der Waals surface area contributed by atoms with Gasteiger partial charge in [0.15, 0.2) is 0 Å². The van der Waals surface area contributed by atoms with Crippen molar-refractivity contribution in [3.05, 3.63) is 35.5 Å². The molecular weight excluding hydrogens is 258 g/mol. The fraction of sp³-hybridized carbons (Fsp3) is 0.556. The second-order valence-corrected chi connectivity index (χ2v) is 6.02. The summed E-state index contributed by atoms with van der Waals surface area (Å²) in [6.07, 6.45) is 2.46. The minimum Gasteiger partial charge on any atom is -0.345 e. The van der Waals surface area contributed by atoms with Crippen LogP contribution >= 0.6 is 0 Å². The van der Waals surface area contributed by atoms with Gasteiger partial charge in [-0.3, -0.25) is 0 Å². The zero-order valence-electron chi connectivity index (χ0n) is 13.4. The Morgan fingerprint density at radius 2 is 1.90 bits per heavy atom. The topological polar surface area (TPSA) is 20.2 Å². The summed E-state index contributed by atoms with van der Waals surface area (Å²) >= 11 is 0. The van der Waals surface area contributed by atoms with Crippen LogP contribution in [-0.4, -0.2) is 42.2 Å². The van der Waals surface area contributed by atoms with Gasteiger partial charge in [0, 0.05) is 49.3 Å². The molecular formula is C18H27N3. The van der Waals surface area contributed by atoms with Gasteiger partial charge in [0.1, 0.15) is 0 Å². The fourth-order valence-corrected chi connectivity index (χ4v) is 3.64. The van der Waals surface area contributed by atoms with E-state index in [1.165, 1.54) is 49.1 Å². The Bertz CT molecular complexity index is 594. The van der Waals surface area contributed by atoms with Crippen LogP contribution in [0, 0.1) is 6.92 Å². The van der Waals surface area contributed by atoms with Crippen molar-refractivity contribution in [1.29, 1.82) is 0 Å². The van der Waals surface area contributed by atoms with E-state index in [4.69, 9.17) is 0 Å². The minimum absolute atomic E-state index is 1.06. The monoisotopic (exact) mass is 285 g/mol. The highest BCUT2D eigenvalue weighted by molar-refractivity contribution is 5.85. The van der Waals surface area contributed by atoms with Crippen molar-refractivity contribution >= 4 is 10.9 Å². The lowest BCUT2D eigenvalue weighted by Gasteiger charge is -2.27. The average Bonchev–Trinajstić information content (AvgIpc) is 2.80. The highest BCUT2D eigenvalue weighted by Gasteiger charge is 2.13. The summed E-state index contributed by atoms with van der Waals surface area (Å²) in [6.45, 7) is 11.5. The van der Waals surface area contributed by atoms with Crippen LogP contribution in [0.3, 0.4) is 0 Å². The molecule has 0 radical (unpaired) electrons. The Kier molecular flexibility index (Phi) is 4.61. The number of aryl methyl sites for hydroxylation is 2. The lowest BCUT2D eigenvalue weighted by atomic mass is 10.1. The Morgan fingerprint density at radius 1 is 1.14 bits per heavy atom. The molecule has 1 aliphatic heterocycles. The van der Waals surface area contributed by atoms with Crippen LogP contribution in [-0.2, 0) is 13.0 Å². The van der Waals surface area contributed by atoms with Gasteiger partial charge in [0.05, 0.1) is 0 Å². The number of hydrogen-bond donors (Lipinski definition) is 1. The predicted octanol–water partition coefficient (Wildman–Crippen LogP) is 2.81. The molecule has 2 aromatic rings. The first-order valence-corrected chi connectivity index (χ1v) is 8.31. The summed E-state index contributed by atoms with van der Waals surface area (Å²) in [5, 5.41) is 4.88. The number of aromatic nitrogens is 1. The van der Waals surface area contributed by atoms with Gasteiger partial charge in [-0.05, 0) is 44.9 Å². The van der Waals surface area contributed by atoms with E-state index < -0.39 is 0 Å². The van der Waals surface area contributed by atoms with Crippen molar-refractivity contribution in [1.82, 2.24) is 14.8 Å². The Labute approximate surface area is 127 Å². The molecule has 2 heterocycles. The molecule has 0 amide bonds. The summed E-state index contributed by atoms with van der Waals surface area (Å²) in [5.74, 6) is 0. The van der Waals surface area contributed by atoms with Crippen LogP contribution in [0.25, 0.3) is 10.9 Å². The molecule has 3 heteroatoms. The third-order valence-corrected chi connectivity index (χ3v) is 4.79. The summed E-state index contributed by atoms with van der Waals surface area (Å²) in [4.78, 5) is 2.59. The van der Waals surface area contributed by atoms with Crippen molar-refractivity contribution < 1.29 is 0 Å². The lowest BCUT2D eigenvalue weighted by Crippen LogP contribution is -2.43. The van der Waals surface area contributed by atoms with Gasteiger partial charge in [0.2, 0.25) is 0 Å². The number of piperazine rings is 1. The fourth-order valence-electron chi connectivity index (χ4n) is 3.64. The van der Waals surface area contributed by atoms with E-state index in [9.17, 15) is 0 Å². The van der Waals surface area contributed by atoms with Gasteiger partial charge in [-0.25, -0.2) is 0 Å². The largest absolute Gasteiger partial charge is 0.345 e. The zero-order chi connectivity index (χ0) is 14.7. The van der Waals surface area contributed by atoms with Crippen molar-refractivity contribution in [2.24, 2.45) is 0 Å². The molecule has 1 aromatic heterocycles. The van der Waals surface area contributed by atoms with Gasteiger partial charge in [-0.15, -0.1) is 0 Å². The number of para-hydroxylation sites is 1. The third kappa shape index (κ3) is 2.99. The molecule has 1 aromatic carbocycles. The molecule has 3 rings (SSSR count). The van der Waals surface area contributed by atoms with Gasteiger partial charge >= 0.3 is 0 Å². The van der Waals surface area contributed by atoms with Crippen LogP contribution in [0.5, 0.6) is 0 Å². The predicted molar refractivity (Wildman–Crippen MR) is 90.0 cm³/mol. The van der Waals surface area contributed by atoms with Gasteiger partial charge < -0.3 is 14.8 Å². The quantitative estimate of drug-likeness (QED) is 0.911. The number of nitrogens with zero attached hydrogens (tertiary/aromatic N) is 2. The Balaban J connectivity index is 1.72. The first-order valence-electron chi connectivity index (χ1n) is 8.31. The van der Waals surface area contributed by atoms with E-state index in [-0.39, 0.29) is 0 Å². The molecule has 1 N–H and O–H groups in total. The SMILES string of the molecule is CCn1c(C)c(CCCN2CCNCC2)c2ccccc21. The Hall–Kier alpha value is -1.32. The van der Waals surface area contributed by atoms with Gasteiger partial charge in [-0.1, -0.05) is 18.2 Å². The molecule has 114 valence electrons. The third-order valence-electron chi connectivity index (χ3n) is 4.79. The second kappa shape index (κ2) is 6.63. The van der Waals surface area contributed by atoms with Gasteiger partial charge in [0.25, 0.3) is 0 Å². The van der Waals surface area contributed by atoms with Crippen LogP contribution in [0.4, 0.5) is 0 Å². The molecule has 0 spiro atoms. The second-order valence-electron chi connectivity index (χ2n) is 6.02. The maximum Gasteiger partial charge on any atom is 0.0485 e. The van der Waals surface area contributed by atoms with E-state index in [0.29, 0.717) is 0 Å². The molecule has 1 saturated heterocycles. The maximum atomic E-state index is 3.42. The van der Waals surface area contributed by atoms with Crippen molar-refractivity contribution in [2.45, 2.75) is 33.2 Å². The van der Waals surface area contributed by atoms with E-state index >= 15 is 0 Å². The number of benzene rings is 1. The van der Waals surface area contributed by atoms with Crippen LogP contribution in [0.1, 0.15) is 24.6 Å². The average molecular weight is 285 g/mol. The van der Waals surface area contributed by atoms with Gasteiger partial charge in [-0.2, -0.15) is 0 Å². The maximum absolute atomic E-state index is 3.42. The number of fused-ring (bicyclic) bond motifs is 1. The number of rotatable bonds is 5. The number of nitrogens with one attached hydrogen (secondary N) is 1. The molecule has 0 bridgehead atoms. The first-order chi connectivity index (χ1) is 10.3. The molecule has 0 saturated carbocycles. The molecule has 21 heavy (non-hydrogen) atoms. The van der Waals surface area contributed by atoms with Crippen LogP contribution in [0.2, 0.25) is 0 Å². The molecule has 0 unspecified atom stereocenters. The standard InChI is InChI=1S/C18H27N3/c1-3-21-15(2)16(17-7-4-5-9-18(17)21)8-6-12-20-13-10-19-11-14-20/h4-5,7,9,19H,3,6,8,10-14H2,1-2H3. The van der Waals surface area contributed by atoms with E-state index in [1.807, 2.05) is 0 Å². The molecule has 0 aliphatic carbocycles. The number of hydrogen-bond acceptors (Lipinski definition) is 2. The Morgan fingerprint density at radius 3 is 2.67 bits per heavy atom. The molecule has 1 aliphatic rings. The first kappa shape index (κ1) is 14.6. The van der Waals surface area contributed by atoms with E-state index in [0.717, 1.165) is 19.6 Å². The highest BCUT2D eigenvalue weighted by atomic mass is 15.2. The summed E-state index contributed by atoms with van der Waals surface area (Å²) < 4.78 is 2.45. The summed E-state index contributed by atoms with van der Waals surface area (Å²) in [7, 11) is 0. The molecule has 0 atom stereocenters. The van der Waals surface area contributed by atoms with E-state index in [2.05, 4.69) is 52.9 Å². The van der Waals surface area contributed by atoms with E-state index in [1.54, 1.807) is 5.56 Å². The molecule has 3 nitrogen and oxygen atoms in total. The van der Waals surface area contributed by atoms with Crippen molar-refractivity contribution in [2.75, 3.05) is 32.7 Å². The minimum atomic E-state index is 1.06. The smallest absolute Gasteiger partial charge is 0.0485 e. The highest BCUT2D eigenvalue weighted by Crippen LogP contribution is 2.26. The van der Waals surface area contributed by atoms with Crippen LogP contribution < -0.4 is 5.32 Å². The summed E-state index contributed by atoms with van der Waals surface area (Å²) in [5.41, 5.74) is 4.41. The normalized spacial score (nSPS) is 16.7.